The lowest BCUT2D eigenvalue weighted by molar-refractivity contribution is -0.140. The van der Waals surface area contributed by atoms with Gasteiger partial charge in [0.05, 0.1) is 16.8 Å². The molecule has 3 nitrogen and oxygen atoms in total. The number of aromatic nitrogens is 2. The summed E-state index contributed by atoms with van der Waals surface area (Å²) in [7, 11) is 0. The zero-order valence-corrected chi connectivity index (χ0v) is 15.1. The molecule has 0 aliphatic heterocycles. The zero-order chi connectivity index (χ0) is 20.4. The van der Waals surface area contributed by atoms with Gasteiger partial charge in [0.1, 0.15) is 5.82 Å². The number of para-hydroxylation sites is 1. The largest absolute Gasteiger partial charge is 0.419 e. The number of alkyl halides is 3. The fraction of sp³-hybridized carbons (Fsp3) is 0.0909. The minimum absolute atomic E-state index is 0.138. The van der Waals surface area contributed by atoms with Crippen LogP contribution in [-0.4, -0.2) is 15.4 Å². The molecule has 0 atom stereocenters. The molecule has 29 heavy (non-hydrogen) atoms. The Morgan fingerprint density at radius 3 is 2.45 bits per heavy atom. The lowest BCUT2D eigenvalue weighted by atomic mass is 9.97. The smallest absolute Gasteiger partial charge is 0.256 e. The minimum atomic E-state index is -4.79. The van der Waals surface area contributed by atoms with E-state index in [0.29, 0.717) is 0 Å². The average molecular weight is 397 g/mol. The Hall–Kier alpha value is -3.48. The van der Waals surface area contributed by atoms with Gasteiger partial charge in [-0.1, -0.05) is 30.3 Å². The summed E-state index contributed by atoms with van der Waals surface area (Å²) < 4.78 is 55.9. The minimum Gasteiger partial charge on any atom is -0.256 e. The van der Waals surface area contributed by atoms with Crippen molar-refractivity contribution in [3.8, 4) is 0 Å². The highest BCUT2D eigenvalue weighted by Crippen LogP contribution is 2.33. The van der Waals surface area contributed by atoms with Crippen LogP contribution in [0.25, 0.3) is 10.9 Å². The number of fused-ring (bicyclic) bond motifs is 1. The van der Waals surface area contributed by atoms with Gasteiger partial charge in [-0.05, 0) is 35.9 Å². The fourth-order valence-corrected chi connectivity index (χ4v) is 3.18. The van der Waals surface area contributed by atoms with Gasteiger partial charge >= 0.3 is 6.18 Å². The third-order valence-electron chi connectivity index (χ3n) is 4.54. The number of halogens is 4. The monoisotopic (exact) mass is 397 g/mol. The van der Waals surface area contributed by atoms with Crippen molar-refractivity contribution < 1.29 is 17.6 Å². The van der Waals surface area contributed by atoms with Crippen LogP contribution < -0.4 is 0 Å². The van der Waals surface area contributed by atoms with Gasteiger partial charge in [0.2, 0.25) is 0 Å². The molecule has 2 aromatic heterocycles. The van der Waals surface area contributed by atoms with E-state index in [1.165, 1.54) is 16.8 Å². The van der Waals surface area contributed by atoms with Gasteiger partial charge in [0.15, 0.2) is 0 Å². The number of benzene rings is 2. The SMILES string of the molecule is Fc1c(C(Cc2ccnc3ccccc23)=Nn2cccc2)cccc1C(F)(F)F. The maximum atomic E-state index is 14.8. The van der Waals surface area contributed by atoms with Crippen LogP contribution in [0.5, 0.6) is 0 Å². The molecular formula is C22H15F4N3. The van der Waals surface area contributed by atoms with Crippen molar-refractivity contribution in [1.29, 1.82) is 0 Å². The Bertz CT molecular complexity index is 1170. The van der Waals surface area contributed by atoms with Crippen LogP contribution in [0.1, 0.15) is 16.7 Å². The van der Waals surface area contributed by atoms with Crippen molar-refractivity contribution in [2.45, 2.75) is 12.6 Å². The van der Waals surface area contributed by atoms with Gasteiger partial charge in [-0.2, -0.15) is 18.3 Å². The van der Waals surface area contributed by atoms with E-state index in [2.05, 4.69) is 10.1 Å². The van der Waals surface area contributed by atoms with Crippen molar-refractivity contribution in [1.82, 2.24) is 9.66 Å². The highest BCUT2D eigenvalue weighted by molar-refractivity contribution is 6.03. The van der Waals surface area contributed by atoms with E-state index in [1.54, 1.807) is 36.8 Å². The molecule has 2 aromatic carbocycles. The molecule has 0 N–H and O–H groups in total. The predicted molar refractivity (Wildman–Crippen MR) is 103 cm³/mol. The molecule has 0 unspecified atom stereocenters. The van der Waals surface area contributed by atoms with E-state index >= 15 is 0 Å². The first-order valence-corrected chi connectivity index (χ1v) is 8.83. The predicted octanol–water partition coefficient (Wildman–Crippen LogP) is 5.69. The maximum Gasteiger partial charge on any atom is 0.419 e. The van der Waals surface area contributed by atoms with Crippen LogP contribution in [0.15, 0.2) is 84.4 Å². The third kappa shape index (κ3) is 3.89. The lowest BCUT2D eigenvalue weighted by Crippen LogP contribution is -2.15. The molecular weight excluding hydrogens is 382 g/mol. The molecule has 4 aromatic rings. The zero-order valence-electron chi connectivity index (χ0n) is 15.1. The lowest BCUT2D eigenvalue weighted by Gasteiger charge is -2.14. The molecule has 4 rings (SSSR count). The molecule has 146 valence electrons. The van der Waals surface area contributed by atoms with Gasteiger partial charge in [0.25, 0.3) is 0 Å². The quantitative estimate of drug-likeness (QED) is 0.321. The molecule has 0 aliphatic carbocycles. The number of rotatable bonds is 4. The van der Waals surface area contributed by atoms with Gasteiger partial charge in [-0.25, -0.2) is 9.07 Å². The van der Waals surface area contributed by atoms with E-state index in [-0.39, 0.29) is 17.7 Å². The van der Waals surface area contributed by atoms with Gasteiger partial charge in [-0.3, -0.25) is 4.98 Å². The third-order valence-corrected chi connectivity index (χ3v) is 4.54. The fourth-order valence-electron chi connectivity index (χ4n) is 3.18. The molecule has 2 heterocycles. The Labute approximate surface area is 163 Å². The molecule has 0 amide bonds. The normalized spacial score (nSPS) is 12.5. The second-order valence-electron chi connectivity index (χ2n) is 6.44. The molecule has 0 fully saturated rings. The number of pyridine rings is 1. The van der Waals surface area contributed by atoms with E-state index < -0.39 is 17.6 Å². The number of nitrogens with zero attached hydrogens (tertiary/aromatic N) is 3. The Morgan fingerprint density at radius 1 is 0.931 bits per heavy atom. The van der Waals surface area contributed by atoms with Crippen molar-refractivity contribution in [2.24, 2.45) is 5.10 Å². The summed E-state index contributed by atoms with van der Waals surface area (Å²) in [5, 5.41) is 5.22. The van der Waals surface area contributed by atoms with Crippen molar-refractivity contribution >= 4 is 16.6 Å². The van der Waals surface area contributed by atoms with E-state index in [4.69, 9.17) is 0 Å². The van der Waals surface area contributed by atoms with Gasteiger partial charge in [-0.15, -0.1) is 0 Å². The van der Waals surface area contributed by atoms with Crippen molar-refractivity contribution in [2.75, 3.05) is 0 Å². The summed E-state index contributed by atoms with van der Waals surface area (Å²) in [5.74, 6) is -1.33. The Kier molecular flexibility index (Phi) is 4.88. The summed E-state index contributed by atoms with van der Waals surface area (Å²) in [5.41, 5.74) is 0.221. The topological polar surface area (TPSA) is 30.2 Å². The second-order valence-corrected chi connectivity index (χ2v) is 6.44. The summed E-state index contributed by atoms with van der Waals surface area (Å²) in [6.45, 7) is 0. The molecule has 0 saturated heterocycles. The first kappa shape index (κ1) is 18.9. The first-order chi connectivity index (χ1) is 13.9. The summed E-state index contributed by atoms with van der Waals surface area (Å²) in [4.78, 5) is 4.29. The number of hydrogen-bond acceptors (Lipinski definition) is 2. The van der Waals surface area contributed by atoms with Crippen molar-refractivity contribution in [3.05, 3.63) is 102 Å². The molecule has 0 radical (unpaired) electrons. The van der Waals surface area contributed by atoms with Crippen LogP contribution in [-0.2, 0) is 12.6 Å². The summed E-state index contributed by atoms with van der Waals surface area (Å²) >= 11 is 0. The Balaban J connectivity index is 1.86. The van der Waals surface area contributed by atoms with Crippen LogP contribution in [0, 0.1) is 5.82 Å². The van der Waals surface area contributed by atoms with Crippen LogP contribution in [0.4, 0.5) is 17.6 Å². The highest BCUT2D eigenvalue weighted by Gasteiger charge is 2.35. The second kappa shape index (κ2) is 7.50. The van der Waals surface area contributed by atoms with Gasteiger partial charge in [0, 0.05) is 36.0 Å². The summed E-state index contributed by atoms with van der Waals surface area (Å²) in [6.07, 6.45) is 0.237. The molecule has 0 spiro atoms. The van der Waals surface area contributed by atoms with Crippen LogP contribution in [0.3, 0.4) is 0 Å². The van der Waals surface area contributed by atoms with E-state index in [0.717, 1.165) is 22.5 Å². The average Bonchev–Trinajstić information content (AvgIpc) is 3.20. The molecule has 7 heteroatoms. The first-order valence-electron chi connectivity index (χ1n) is 8.83. The molecule has 0 saturated carbocycles. The Morgan fingerprint density at radius 2 is 1.69 bits per heavy atom. The molecule has 0 aliphatic rings. The van der Waals surface area contributed by atoms with Crippen LogP contribution in [0.2, 0.25) is 0 Å². The summed E-state index contributed by atoms with van der Waals surface area (Å²) in [6, 6.07) is 15.9. The van der Waals surface area contributed by atoms with E-state index in [9.17, 15) is 17.6 Å². The van der Waals surface area contributed by atoms with Gasteiger partial charge < -0.3 is 0 Å². The standard InChI is InChI=1S/C22H15F4N3/c23-21-17(7-5-8-18(21)22(24,25)26)20(28-29-12-3-4-13-29)14-15-10-11-27-19-9-2-1-6-16(15)19/h1-13H,14H2. The highest BCUT2D eigenvalue weighted by atomic mass is 19.4. The molecule has 0 bridgehead atoms. The maximum absolute atomic E-state index is 14.8. The number of hydrogen-bond donors (Lipinski definition) is 0. The van der Waals surface area contributed by atoms with E-state index in [1.807, 2.05) is 24.3 Å². The van der Waals surface area contributed by atoms with Crippen LogP contribution >= 0.6 is 0 Å². The van der Waals surface area contributed by atoms with Crippen molar-refractivity contribution in [3.63, 3.8) is 0 Å².